The van der Waals surface area contributed by atoms with Crippen molar-refractivity contribution in [1.29, 1.82) is 0 Å². The van der Waals surface area contributed by atoms with Gasteiger partial charge in [0.25, 0.3) is 5.56 Å². The van der Waals surface area contributed by atoms with Crippen molar-refractivity contribution in [1.82, 2.24) is 24.4 Å². The minimum Gasteiger partial charge on any atom is -0.379 e. The van der Waals surface area contributed by atoms with Crippen molar-refractivity contribution in [2.24, 2.45) is 0 Å². The summed E-state index contributed by atoms with van der Waals surface area (Å²) in [5.74, 6) is 0.413. The number of anilines is 2. The van der Waals surface area contributed by atoms with Gasteiger partial charge >= 0.3 is 0 Å². The fraction of sp³-hybridized carbons (Fsp3) is 0.500. The normalized spacial score (nSPS) is 15.0. The van der Waals surface area contributed by atoms with Crippen LogP contribution in [0, 0.1) is 6.92 Å². The van der Waals surface area contributed by atoms with Crippen molar-refractivity contribution in [3.8, 4) is 0 Å². The fourth-order valence-electron chi connectivity index (χ4n) is 3.92. The Hall–Kier alpha value is -2.71. The van der Waals surface area contributed by atoms with Crippen molar-refractivity contribution in [2.75, 3.05) is 38.2 Å². The number of hydrogen-bond acceptors (Lipinski definition) is 6. The lowest BCUT2D eigenvalue weighted by molar-refractivity contribution is 0.0371. The molecule has 3 aromatic rings. The van der Waals surface area contributed by atoms with E-state index in [0.29, 0.717) is 17.1 Å². The molecule has 1 aliphatic heterocycles. The summed E-state index contributed by atoms with van der Waals surface area (Å²) in [4.78, 5) is 26.9. The second-order valence-corrected chi connectivity index (χ2v) is 7.81. The molecule has 1 fully saturated rings. The van der Waals surface area contributed by atoms with Crippen LogP contribution < -0.4 is 10.9 Å². The Morgan fingerprint density at radius 1 is 1.20 bits per heavy atom. The molecule has 160 valence electrons. The van der Waals surface area contributed by atoms with Gasteiger partial charge < -0.3 is 14.6 Å². The number of hydrogen-bond donors (Lipinski definition) is 2. The van der Waals surface area contributed by atoms with Crippen LogP contribution in [0.4, 0.5) is 11.6 Å². The highest BCUT2D eigenvalue weighted by Gasteiger charge is 2.12. The van der Waals surface area contributed by atoms with Crippen LogP contribution in [-0.4, -0.2) is 57.3 Å². The number of imidazole rings is 1. The molecule has 0 amide bonds. The Bertz CT molecular complexity index is 1050. The maximum Gasteiger partial charge on any atom is 0.278 e. The Labute approximate surface area is 176 Å². The maximum absolute atomic E-state index is 12.7. The number of H-pyrrole nitrogens is 1. The first kappa shape index (κ1) is 20.6. The lowest BCUT2D eigenvalue weighted by Gasteiger charge is -2.26. The zero-order valence-corrected chi connectivity index (χ0v) is 17.8. The smallest absolute Gasteiger partial charge is 0.278 e. The van der Waals surface area contributed by atoms with Gasteiger partial charge in [0.2, 0.25) is 5.95 Å². The molecule has 1 aromatic carbocycles. The molecular weight excluding hydrogens is 380 g/mol. The Kier molecular flexibility index (Phi) is 6.44. The number of morpholine rings is 1. The molecule has 4 rings (SSSR count). The lowest BCUT2D eigenvalue weighted by atomic mass is 10.1. The first-order chi connectivity index (χ1) is 14.6. The minimum absolute atomic E-state index is 0.170. The summed E-state index contributed by atoms with van der Waals surface area (Å²) in [6, 6.07) is 6.15. The number of aromatic nitrogens is 4. The second-order valence-electron chi connectivity index (χ2n) is 7.81. The van der Waals surface area contributed by atoms with Crippen molar-refractivity contribution in [3.05, 3.63) is 46.0 Å². The number of aromatic amines is 1. The minimum atomic E-state index is -0.170. The number of nitrogens with one attached hydrogen (secondary N) is 2. The van der Waals surface area contributed by atoms with Gasteiger partial charge in [-0.1, -0.05) is 13.0 Å². The first-order valence-electron chi connectivity index (χ1n) is 10.8. The molecule has 8 nitrogen and oxygen atoms in total. The third-order valence-electron chi connectivity index (χ3n) is 5.70. The van der Waals surface area contributed by atoms with E-state index in [1.807, 2.05) is 10.6 Å². The summed E-state index contributed by atoms with van der Waals surface area (Å²) in [6.45, 7) is 9.72. The predicted molar refractivity (Wildman–Crippen MR) is 118 cm³/mol. The topological polar surface area (TPSA) is 88.1 Å². The molecule has 1 aliphatic rings. The summed E-state index contributed by atoms with van der Waals surface area (Å²) < 4.78 is 7.29. The first-order valence-corrected chi connectivity index (χ1v) is 10.8. The molecule has 0 saturated carbocycles. The number of ether oxygens (including phenoxy) is 1. The van der Waals surface area contributed by atoms with E-state index in [9.17, 15) is 4.79 Å². The van der Waals surface area contributed by atoms with Gasteiger partial charge in [-0.05, 0) is 56.0 Å². The standard InChI is InChI=1S/C22H30N6O2/c1-3-17-14-18(7-6-16(17)2)24-22-25-20-19(21(29)26-22)28(15-23-20)9-5-4-8-27-10-12-30-13-11-27/h6-7,14-15H,3-5,8-13H2,1-2H3,(H2,24,25,26,29). The number of nitrogens with zero attached hydrogens (tertiary/aromatic N) is 4. The molecule has 30 heavy (non-hydrogen) atoms. The third kappa shape index (κ3) is 4.71. The van der Waals surface area contributed by atoms with E-state index in [1.54, 1.807) is 6.33 Å². The summed E-state index contributed by atoms with van der Waals surface area (Å²) in [7, 11) is 0. The van der Waals surface area contributed by atoms with Crippen molar-refractivity contribution < 1.29 is 4.74 Å². The third-order valence-corrected chi connectivity index (χ3v) is 5.70. The van der Waals surface area contributed by atoms with E-state index in [2.05, 4.69) is 51.1 Å². The zero-order chi connectivity index (χ0) is 20.9. The molecule has 0 aliphatic carbocycles. The van der Waals surface area contributed by atoms with Gasteiger partial charge in [-0.2, -0.15) is 4.98 Å². The highest BCUT2D eigenvalue weighted by atomic mass is 16.5. The van der Waals surface area contributed by atoms with Crippen LogP contribution in [0.25, 0.3) is 11.2 Å². The zero-order valence-electron chi connectivity index (χ0n) is 17.8. The van der Waals surface area contributed by atoms with Crippen LogP contribution >= 0.6 is 0 Å². The molecular formula is C22H30N6O2. The average molecular weight is 411 g/mol. The number of aryl methyl sites for hydroxylation is 3. The van der Waals surface area contributed by atoms with Gasteiger partial charge in [-0.3, -0.25) is 14.7 Å². The molecule has 3 heterocycles. The largest absolute Gasteiger partial charge is 0.379 e. The van der Waals surface area contributed by atoms with E-state index in [4.69, 9.17) is 4.74 Å². The van der Waals surface area contributed by atoms with Gasteiger partial charge in [-0.25, -0.2) is 4.98 Å². The number of fused-ring (bicyclic) bond motifs is 1. The van der Waals surface area contributed by atoms with Crippen molar-refractivity contribution >= 4 is 22.8 Å². The van der Waals surface area contributed by atoms with Crippen LogP contribution in [-0.2, 0) is 17.7 Å². The van der Waals surface area contributed by atoms with Gasteiger partial charge in [0, 0.05) is 25.3 Å². The molecule has 0 radical (unpaired) electrons. The van der Waals surface area contributed by atoms with E-state index in [0.717, 1.165) is 64.3 Å². The fourth-order valence-corrected chi connectivity index (χ4v) is 3.92. The molecule has 8 heteroatoms. The van der Waals surface area contributed by atoms with E-state index in [-0.39, 0.29) is 5.56 Å². The molecule has 0 unspecified atom stereocenters. The van der Waals surface area contributed by atoms with Gasteiger partial charge in [0.1, 0.15) is 0 Å². The van der Waals surface area contributed by atoms with Crippen LogP contribution in [0.2, 0.25) is 0 Å². The van der Waals surface area contributed by atoms with E-state index in [1.165, 1.54) is 11.1 Å². The van der Waals surface area contributed by atoms with Crippen LogP contribution in [0.3, 0.4) is 0 Å². The summed E-state index contributed by atoms with van der Waals surface area (Å²) in [5, 5.41) is 3.21. The van der Waals surface area contributed by atoms with Gasteiger partial charge in [0.15, 0.2) is 11.2 Å². The number of rotatable bonds is 8. The van der Waals surface area contributed by atoms with Crippen LogP contribution in [0.15, 0.2) is 29.3 Å². The molecule has 1 saturated heterocycles. The quantitative estimate of drug-likeness (QED) is 0.555. The lowest BCUT2D eigenvalue weighted by Crippen LogP contribution is -2.36. The SMILES string of the molecule is CCc1cc(Nc2nc3ncn(CCCCN4CCOCC4)c3c(=O)[nH]2)ccc1C. The van der Waals surface area contributed by atoms with E-state index >= 15 is 0 Å². The highest BCUT2D eigenvalue weighted by molar-refractivity contribution is 5.71. The Balaban J connectivity index is 1.42. The summed E-state index contributed by atoms with van der Waals surface area (Å²) >= 11 is 0. The highest BCUT2D eigenvalue weighted by Crippen LogP contribution is 2.19. The van der Waals surface area contributed by atoms with Gasteiger partial charge in [0.05, 0.1) is 19.5 Å². The molecule has 0 atom stereocenters. The van der Waals surface area contributed by atoms with Crippen LogP contribution in [0.5, 0.6) is 0 Å². The summed E-state index contributed by atoms with van der Waals surface area (Å²) in [6.07, 6.45) is 4.75. The monoisotopic (exact) mass is 410 g/mol. The summed E-state index contributed by atoms with van der Waals surface area (Å²) in [5.41, 5.74) is 4.26. The van der Waals surface area contributed by atoms with Crippen molar-refractivity contribution in [3.63, 3.8) is 0 Å². The number of unbranched alkanes of at least 4 members (excludes halogenated alkanes) is 1. The van der Waals surface area contributed by atoms with Crippen molar-refractivity contribution in [2.45, 2.75) is 39.7 Å². The van der Waals surface area contributed by atoms with Gasteiger partial charge in [-0.15, -0.1) is 0 Å². The Morgan fingerprint density at radius 3 is 2.80 bits per heavy atom. The average Bonchev–Trinajstić information content (AvgIpc) is 3.17. The Morgan fingerprint density at radius 2 is 2.00 bits per heavy atom. The maximum atomic E-state index is 12.7. The molecule has 2 N–H and O–H groups in total. The van der Waals surface area contributed by atoms with E-state index < -0.39 is 0 Å². The molecule has 2 aromatic heterocycles. The van der Waals surface area contributed by atoms with Crippen LogP contribution in [0.1, 0.15) is 30.9 Å². The predicted octanol–water partition coefficient (Wildman–Crippen LogP) is 2.85. The molecule has 0 spiro atoms. The molecule has 0 bridgehead atoms. The number of benzene rings is 1. The second kappa shape index (κ2) is 9.40.